The summed E-state index contributed by atoms with van der Waals surface area (Å²) in [6, 6.07) is 0. The van der Waals surface area contributed by atoms with E-state index in [2.05, 4.69) is 69.2 Å². The lowest BCUT2D eigenvalue weighted by atomic mass is 9.54. The Morgan fingerprint density at radius 1 is 0.870 bits per heavy atom. The minimum atomic E-state index is 0.566. The lowest BCUT2D eigenvalue weighted by Gasteiger charge is -2.51. The third-order valence-corrected chi connectivity index (χ3v) is 5.39. The molecule has 1 fully saturated rings. The smallest absolute Gasteiger partial charge is 0.0264 e. The van der Waals surface area contributed by atoms with E-state index in [9.17, 15) is 0 Å². The number of hydrogen-bond acceptors (Lipinski definition) is 0. The molecule has 0 saturated heterocycles. The van der Waals surface area contributed by atoms with Gasteiger partial charge in [-0.15, -0.1) is 0 Å². The van der Waals surface area contributed by atoms with Gasteiger partial charge >= 0.3 is 0 Å². The van der Waals surface area contributed by atoms with Gasteiger partial charge in [-0.05, 0) is 48.3 Å². The van der Waals surface area contributed by atoms with Crippen LogP contribution in [0.3, 0.4) is 0 Å². The molecule has 1 aliphatic carbocycles. The second-order valence-corrected chi connectivity index (χ2v) is 8.98. The predicted octanol–water partition coefficient (Wildman–Crippen LogP) is 8.89. The van der Waals surface area contributed by atoms with E-state index in [1.54, 1.807) is 0 Å². The highest BCUT2D eigenvalue weighted by Gasteiger charge is 2.44. The molecule has 0 aliphatic heterocycles. The number of unbranched alkanes of at least 4 members (excludes halogenated alkanes) is 1. The lowest BCUT2D eigenvalue weighted by molar-refractivity contribution is -0.00482. The van der Waals surface area contributed by atoms with Gasteiger partial charge in [0.05, 0.1) is 0 Å². The van der Waals surface area contributed by atoms with Gasteiger partial charge < -0.3 is 0 Å². The maximum atomic E-state index is 2.49. The van der Waals surface area contributed by atoms with Crippen LogP contribution in [0.5, 0.6) is 0 Å². The molecule has 0 spiro atoms. The first-order chi connectivity index (χ1) is 10.7. The van der Waals surface area contributed by atoms with Crippen molar-refractivity contribution in [1.82, 2.24) is 0 Å². The zero-order valence-corrected chi connectivity index (χ0v) is 18.5. The zero-order valence-electron chi connectivity index (χ0n) is 18.5. The quantitative estimate of drug-likeness (QED) is 0.473. The Morgan fingerprint density at radius 2 is 1.35 bits per heavy atom. The molecule has 0 heterocycles. The summed E-state index contributed by atoms with van der Waals surface area (Å²) < 4.78 is 0. The fraction of sp³-hybridized carbons (Fsp3) is 1.00. The molecule has 0 nitrogen and oxygen atoms in total. The summed E-state index contributed by atoms with van der Waals surface area (Å²) in [7, 11) is 0. The third kappa shape index (κ3) is 10.5. The summed E-state index contributed by atoms with van der Waals surface area (Å²) in [6.07, 6.45) is 12.4. The predicted molar refractivity (Wildman–Crippen MR) is 110 cm³/mol. The molecule has 0 aromatic rings. The van der Waals surface area contributed by atoms with E-state index >= 15 is 0 Å². The van der Waals surface area contributed by atoms with Crippen LogP contribution >= 0.6 is 0 Å². The first kappa shape index (κ1) is 25.2. The van der Waals surface area contributed by atoms with E-state index in [-0.39, 0.29) is 0 Å². The summed E-state index contributed by atoms with van der Waals surface area (Å²) >= 11 is 0. The lowest BCUT2D eigenvalue weighted by Crippen LogP contribution is -2.41. The minimum Gasteiger partial charge on any atom is -0.0656 e. The van der Waals surface area contributed by atoms with Crippen molar-refractivity contribution in [2.24, 2.45) is 22.7 Å². The van der Waals surface area contributed by atoms with E-state index in [1.807, 2.05) is 0 Å². The van der Waals surface area contributed by atoms with Gasteiger partial charge in [-0.1, -0.05) is 101 Å². The van der Waals surface area contributed by atoms with Crippen LogP contribution in [-0.2, 0) is 0 Å². The van der Waals surface area contributed by atoms with Crippen LogP contribution in [0.2, 0.25) is 0 Å². The molecule has 3 unspecified atom stereocenters. The normalized spacial score (nSPS) is 27.1. The second-order valence-electron chi connectivity index (χ2n) is 8.98. The highest BCUT2D eigenvalue weighted by Crippen LogP contribution is 2.55. The van der Waals surface area contributed by atoms with E-state index < -0.39 is 0 Å². The Morgan fingerprint density at radius 3 is 1.65 bits per heavy atom. The fourth-order valence-electron chi connectivity index (χ4n) is 4.55. The standard InChI is InChI=1S/C16H32.C4H10.C3H8/c1-7-9-16(14(4)8-2)11-13(3)10-15(5,6)12-16;1-3-4-2;1-3-2/h13-14H,7-12H2,1-6H3;3-4H2,1-2H3;3H2,1-2H3. The topological polar surface area (TPSA) is 0 Å². The highest BCUT2D eigenvalue weighted by molar-refractivity contribution is 4.95. The van der Waals surface area contributed by atoms with Crippen molar-refractivity contribution in [2.75, 3.05) is 0 Å². The molecule has 0 aromatic carbocycles. The Kier molecular flexibility index (Phi) is 14.6. The van der Waals surface area contributed by atoms with Crippen LogP contribution in [0.25, 0.3) is 0 Å². The van der Waals surface area contributed by atoms with Crippen LogP contribution in [0.4, 0.5) is 0 Å². The van der Waals surface area contributed by atoms with Crippen molar-refractivity contribution < 1.29 is 0 Å². The zero-order chi connectivity index (χ0) is 18.5. The molecule has 0 aromatic heterocycles. The van der Waals surface area contributed by atoms with Gasteiger partial charge in [0.15, 0.2) is 0 Å². The van der Waals surface area contributed by atoms with E-state index in [1.165, 1.54) is 57.8 Å². The van der Waals surface area contributed by atoms with E-state index in [4.69, 9.17) is 0 Å². The first-order valence-electron chi connectivity index (χ1n) is 10.7. The van der Waals surface area contributed by atoms with Crippen molar-refractivity contribution in [2.45, 2.75) is 127 Å². The highest BCUT2D eigenvalue weighted by atomic mass is 14.5. The molecular formula is C23H50. The van der Waals surface area contributed by atoms with Gasteiger partial charge in [0.2, 0.25) is 0 Å². The average molecular weight is 327 g/mol. The molecular weight excluding hydrogens is 276 g/mol. The van der Waals surface area contributed by atoms with Gasteiger partial charge in [0.1, 0.15) is 0 Å². The summed E-state index contributed by atoms with van der Waals surface area (Å²) in [5.74, 6) is 1.82. The fourth-order valence-corrected chi connectivity index (χ4v) is 4.55. The summed E-state index contributed by atoms with van der Waals surface area (Å²) in [6.45, 7) is 23.3. The van der Waals surface area contributed by atoms with Crippen LogP contribution < -0.4 is 0 Å². The van der Waals surface area contributed by atoms with Crippen molar-refractivity contribution >= 4 is 0 Å². The second kappa shape index (κ2) is 13.3. The summed E-state index contributed by atoms with van der Waals surface area (Å²) in [5, 5.41) is 0. The SMILES string of the molecule is CCC.CCCC.CCCC1(C(C)CC)CC(C)CC(C)(C)C1. The molecule has 23 heavy (non-hydrogen) atoms. The average Bonchev–Trinajstić information content (AvgIpc) is 2.45. The van der Waals surface area contributed by atoms with Gasteiger partial charge in [0, 0.05) is 0 Å². The minimum absolute atomic E-state index is 0.566. The van der Waals surface area contributed by atoms with Gasteiger partial charge in [-0.3, -0.25) is 0 Å². The Hall–Kier alpha value is 0. The Balaban J connectivity index is 0. The monoisotopic (exact) mass is 326 g/mol. The molecule has 0 bridgehead atoms. The van der Waals surface area contributed by atoms with Crippen molar-refractivity contribution in [3.8, 4) is 0 Å². The van der Waals surface area contributed by atoms with Gasteiger partial charge in [-0.2, -0.15) is 0 Å². The van der Waals surface area contributed by atoms with E-state index in [0.717, 1.165) is 11.8 Å². The van der Waals surface area contributed by atoms with Crippen LogP contribution in [0, 0.1) is 22.7 Å². The molecule has 0 N–H and O–H groups in total. The Bertz CT molecular complexity index is 251. The van der Waals surface area contributed by atoms with Gasteiger partial charge in [0.25, 0.3) is 0 Å². The summed E-state index contributed by atoms with van der Waals surface area (Å²) in [4.78, 5) is 0. The van der Waals surface area contributed by atoms with Gasteiger partial charge in [-0.25, -0.2) is 0 Å². The maximum Gasteiger partial charge on any atom is -0.0264 e. The third-order valence-electron chi connectivity index (χ3n) is 5.39. The number of hydrogen-bond donors (Lipinski definition) is 0. The Labute approximate surface area is 150 Å². The van der Waals surface area contributed by atoms with E-state index in [0.29, 0.717) is 10.8 Å². The van der Waals surface area contributed by atoms with Crippen LogP contribution in [0.1, 0.15) is 127 Å². The van der Waals surface area contributed by atoms with Crippen LogP contribution in [0.15, 0.2) is 0 Å². The summed E-state index contributed by atoms with van der Waals surface area (Å²) in [5.41, 5.74) is 1.21. The van der Waals surface area contributed by atoms with Crippen molar-refractivity contribution in [3.63, 3.8) is 0 Å². The van der Waals surface area contributed by atoms with Crippen molar-refractivity contribution in [1.29, 1.82) is 0 Å². The molecule has 142 valence electrons. The molecule has 1 saturated carbocycles. The number of rotatable bonds is 5. The van der Waals surface area contributed by atoms with Crippen LogP contribution in [-0.4, -0.2) is 0 Å². The molecule has 1 aliphatic rings. The van der Waals surface area contributed by atoms with Crippen molar-refractivity contribution in [3.05, 3.63) is 0 Å². The first-order valence-corrected chi connectivity index (χ1v) is 10.7. The molecule has 0 amide bonds. The molecule has 3 atom stereocenters. The maximum absolute atomic E-state index is 2.49. The largest absolute Gasteiger partial charge is 0.0656 e. The molecule has 1 rings (SSSR count). The molecule has 0 radical (unpaired) electrons. The molecule has 0 heteroatoms.